The maximum absolute atomic E-state index is 12.8. The maximum atomic E-state index is 12.8. The Hall–Kier alpha value is -3.75. The zero-order valence-corrected chi connectivity index (χ0v) is 24.3. The second-order valence-corrected chi connectivity index (χ2v) is 11.6. The molecule has 0 bridgehead atoms. The number of primary amides is 1. The second kappa shape index (κ2) is 12.2. The largest absolute Gasteiger partial charge is 0.491 e. The number of nitrogens with zero attached hydrogens (tertiary/aromatic N) is 3. The highest BCUT2D eigenvalue weighted by molar-refractivity contribution is 6.31. The van der Waals surface area contributed by atoms with Crippen LogP contribution >= 0.6 is 11.6 Å². The van der Waals surface area contributed by atoms with Crippen molar-refractivity contribution < 1.29 is 19.1 Å². The number of amides is 1. The highest BCUT2D eigenvalue weighted by atomic mass is 35.5. The van der Waals surface area contributed by atoms with Crippen molar-refractivity contribution in [3.05, 3.63) is 70.4 Å². The number of carbonyl (C=O) groups is 2. The lowest BCUT2D eigenvalue weighted by Crippen LogP contribution is -2.21. The van der Waals surface area contributed by atoms with E-state index in [1.807, 2.05) is 25.1 Å². The van der Waals surface area contributed by atoms with Gasteiger partial charge in [0.1, 0.15) is 29.6 Å². The summed E-state index contributed by atoms with van der Waals surface area (Å²) in [6.45, 7) is 7.98. The molecule has 9 heteroatoms. The molecule has 1 aliphatic heterocycles. The van der Waals surface area contributed by atoms with Crippen LogP contribution in [0.5, 0.6) is 17.2 Å². The predicted octanol–water partition coefficient (Wildman–Crippen LogP) is 5.65. The highest BCUT2D eigenvalue weighted by Crippen LogP contribution is 2.35. The van der Waals surface area contributed by atoms with Crippen molar-refractivity contribution in [1.29, 1.82) is 0 Å². The van der Waals surface area contributed by atoms with Gasteiger partial charge in [-0.2, -0.15) is 0 Å². The van der Waals surface area contributed by atoms with Crippen molar-refractivity contribution in [2.45, 2.75) is 33.6 Å². The number of aliphatic imine (C=N–C) groups is 1. The first-order valence-electron chi connectivity index (χ1n) is 13.1. The van der Waals surface area contributed by atoms with Crippen molar-refractivity contribution in [2.75, 3.05) is 33.8 Å². The van der Waals surface area contributed by atoms with Crippen molar-refractivity contribution in [3.8, 4) is 17.2 Å². The Labute approximate surface area is 239 Å². The topological polar surface area (TPSA) is 107 Å². The molecule has 2 N–H and O–H groups in total. The van der Waals surface area contributed by atoms with Gasteiger partial charge in [0.05, 0.1) is 17.6 Å². The molecule has 0 aliphatic carbocycles. The van der Waals surface area contributed by atoms with Gasteiger partial charge in [0.25, 0.3) is 5.91 Å². The number of carbonyl (C=O) groups excluding carboxylic acids is 2. The molecule has 4 rings (SSSR count). The summed E-state index contributed by atoms with van der Waals surface area (Å²) in [5, 5.41) is 1.04. The molecule has 0 spiro atoms. The molecule has 1 amide bonds. The van der Waals surface area contributed by atoms with E-state index >= 15 is 0 Å². The predicted molar refractivity (Wildman–Crippen MR) is 159 cm³/mol. The van der Waals surface area contributed by atoms with Crippen molar-refractivity contribution in [1.82, 2.24) is 9.88 Å². The summed E-state index contributed by atoms with van der Waals surface area (Å²) < 4.78 is 12.0. The number of allylic oxidation sites excluding steroid dienone is 1. The molecule has 2 aromatic carbocycles. The minimum Gasteiger partial charge on any atom is -0.491 e. The first-order valence-corrected chi connectivity index (χ1v) is 13.5. The number of hydrogen-bond donors (Lipinski definition) is 1. The number of Topliss-reactive ketones (excluding diaryl/α,β-unsaturated/α-hetero) is 1. The minimum absolute atomic E-state index is 0.0342. The number of hydrogen-bond acceptors (Lipinski definition) is 7. The summed E-state index contributed by atoms with van der Waals surface area (Å²) in [4.78, 5) is 35.9. The number of fused-ring (bicyclic) bond motifs is 1. The quantitative estimate of drug-likeness (QED) is 0.324. The second-order valence-electron chi connectivity index (χ2n) is 11.2. The Bertz CT molecular complexity index is 1510. The van der Waals surface area contributed by atoms with E-state index in [0.717, 1.165) is 16.8 Å². The van der Waals surface area contributed by atoms with E-state index in [-0.39, 0.29) is 23.2 Å². The number of benzene rings is 2. The Morgan fingerprint density at radius 1 is 1.07 bits per heavy atom. The highest BCUT2D eigenvalue weighted by Gasteiger charge is 2.22. The van der Waals surface area contributed by atoms with Gasteiger partial charge in [-0.1, -0.05) is 38.4 Å². The van der Waals surface area contributed by atoms with Crippen molar-refractivity contribution >= 4 is 39.9 Å². The number of pyridine rings is 1. The Morgan fingerprint density at radius 3 is 2.50 bits per heavy atom. The molecule has 0 saturated carbocycles. The van der Waals surface area contributed by atoms with Gasteiger partial charge in [0, 0.05) is 53.2 Å². The number of halogens is 1. The van der Waals surface area contributed by atoms with Crippen molar-refractivity contribution in [3.63, 3.8) is 0 Å². The Morgan fingerprint density at radius 2 is 1.85 bits per heavy atom. The van der Waals surface area contributed by atoms with Crippen molar-refractivity contribution in [2.24, 2.45) is 16.1 Å². The average Bonchev–Trinajstić information content (AvgIpc) is 3.34. The van der Waals surface area contributed by atoms with E-state index in [4.69, 9.17) is 26.8 Å². The fourth-order valence-electron chi connectivity index (χ4n) is 4.31. The van der Waals surface area contributed by atoms with Crippen LogP contribution in [-0.4, -0.2) is 61.1 Å². The lowest BCUT2D eigenvalue weighted by Gasteiger charge is -2.16. The van der Waals surface area contributed by atoms with E-state index in [0.29, 0.717) is 59.3 Å². The molecule has 0 fully saturated rings. The van der Waals surface area contributed by atoms with Crippen LogP contribution in [0.25, 0.3) is 10.9 Å². The molecular formula is C31H35ClN4O4. The fourth-order valence-corrected chi connectivity index (χ4v) is 4.55. The molecule has 40 heavy (non-hydrogen) atoms. The fraction of sp³-hybridized carbons (Fsp3) is 0.355. The standard InChI is InChI=1S/C31H35ClN4O4/c1-31(2,3)29-13-19(18-35-29)12-21(37)14-20-6-7-22(15-25(20)32)40-27-8-9-34-26-17-28(39-11-10-36(4)5)24(30(33)38)16-23(26)27/h6-9,13,15-17H,10-12,14,18H2,1-5H3,(H2,33,38). The third kappa shape index (κ3) is 7.25. The van der Waals surface area contributed by atoms with Gasteiger partial charge in [-0.25, -0.2) is 0 Å². The molecule has 0 unspecified atom stereocenters. The molecular weight excluding hydrogens is 528 g/mol. The smallest absolute Gasteiger partial charge is 0.252 e. The minimum atomic E-state index is -0.608. The molecule has 0 radical (unpaired) electrons. The lowest BCUT2D eigenvalue weighted by atomic mass is 9.89. The van der Waals surface area contributed by atoms with Gasteiger partial charge in [0.15, 0.2) is 0 Å². The Kier molecular flexibility index (Phi) is 8.91. The number of aromatic nitrogens is 1. The normalized spacial score (nSPS) is 13.4. The Balaban J connectivity index is 1.48. The van der Waals surface area contributed by atoms with E-state index in [2.05, 4.69) is 30.7 Å². The van der Waals surface area contributed by atoms with Crippen LogP contribution in [0.1, 0.15) is 43.1 Å². The first-order chi connectivity index (χ1) is 18.9. The van der Waals surface area contributed by atoms with Crippen LogP contribution in [-0.2, 0) is 11.2 Å². The summed E-state index contributed by atoms with van der Waals surface area (Å²) in [6.07, 6.45) is 4.23. The van der Waals surface area contributed by atoms with Crippen LogP contribution in [0.2, 0.25) is 5.02 Å². The summed E-state index contributed by atoms with van der Waals surface area (Å²) in [5.74, 6) is 0.814. The maximum Gasteiger partial charge on any atom is 0.252 e. The van der Waals surface area contributed by atoms with E-state index in [1.54, 1.807) is 42.6 Å². The van der Waals surface area contributed by atoms with Crippen LogP contribution in [0.3, 0.4) is 0 Å². The summed E-state index contributed by atoms with van der Waals surface area (Å²) >= 11 is 6.55. The number of ketones is 1. The van der Waals surface area contributed by atoms with E-state index in [1.165, 1.54) is 0 Å². The van der Waals surface area contributed by atoms with Gasteiger partial charge in [-0.05, 0) is 55.6 Å². The molecule has 0 atom stereocenters. The molecule has 0 saturated heterocycles. The van der Waals surface area contributed by atoms with Gasteiger partial charge >= 0.3 is 0 Å². The number of likely N-dealkylation sites (N-methyl/N-ethyl adjacent to an activating group) is 1. The van der Waals surface area contributed by atoms with Gasteiger partial charge in [-0.3, -0.25) is 19.6 Å². The van der Waals surface area contributed by atoms with Crippen LogP contribution in [0.15, 0.2) is 59.2 Å². The summed E-state index contributed by atoms with van der Waals surface area (Å²) in [6, 6.07) is 10.3. The molecule has 1 aromatic heterocycles. The number of ether oxygens (including phenoxy) is 2. The molecule has 2 heterocycles. The monoisotopic (exact) mass is 562 g/mol. The summed E-state index contributed by atoms with van der Waals surface area (Å²) in [7, 11) is 3.87. The number of nitrogens with two attached hydrogens (primary N) is 1. The molecule has 210 valence electrons. The average molecular weight is 563 g/mol. The molecule has 3 aromatic rings. The SMILES string of the molecule is CN(C)CCOc1cc2nccc(Oc3ccc(CC(=O)CC4=CC(C(C)(C)C)=NC4)c(Cl)c3)c2cc1C(N)=O. The van der Waals surface area contributed by atoms with Crippen LogP contribution < -0.4 is 15.2 Å². The van der Waals surface area contributed by atoms with Crippen LogP contribution in [0, 0.1) is 5.41 Å². The van der Waals surface area contributed by atoms with Gasteiger partial charge in [-0.15, -0.1) is 0 Å². The number of rotatable bonds is 11. The zero-order valence-electron chi connectivity index (χ0n) is 23.6. The lowest BCUT2D eigenvalue weighted by molar-refractivity contribution is -0.117. The third-order valence-corrected chi connectivity index (χ3v) is 6.84. The van der Waals surface area contributed by atoms with E-state index in [9.17, 15) is 9.59 Å². The first kappa shape index (κ1) is 29.2. The zero-order chi connectivity index (χ0) is 29.0. The third-order valence-electron chi connectivity index (χ3n) is 6.49. The van der Waals surface area contributed by atoms with Crippen LogP contribution in [0.4, 0.5) is 0 Å². The molecule has 8 nitrogen and oxygen atoms in total. The van der Waals surface area contributed by atoms with Gasteiger partial charge < -0.3 is 20.1 Å². The molecule has 1 aliphatic rings. The van der Waals surface area contributed by atoms with E-state index < -0.39 is 5.91 Å². The van der Waals surface area contributed by atoms with Gasteiger partial charge in [0.2, 0.25) is 0 Å². The summed E-state index contributed by atoms with van der Waals surface area (Å²) in [5.41, 5.74) is 9.22.